The minimum absolute atomic E-state index is 0.636. The number of fused-ring (bicyclic) bond motifs is 1. The first-order chi connectivity index (χ1) is 7.33. The second kappa shape index (κ2) is 2.87. The Labute approximate surface area is 88.7 Å². The van der Waals surface area contributed by atoms with Crippen molar-refractivity contribution in [3.05, 3.63) is 35.5 Å². The summed E-state index contributed by atoms with van der Waals surface area (Å²) in [5, 5.41) is 10.3. The van der Waals surface area contributed by atoms with Gasteiger partial charge >= 0.3 is 0 Å². The summed E-state index contributed by atoms with van der Waals surface area (Å²) < 4.78 is 2.33. The predicted molar refractivity (Wildman–Crippen MR) is 59.7 cm³/mol. The molecule has 1 aromatic carbocycles. The molecule has 15 heavy (non-hydrogen) atoms. The van der Waals surface area contributed by atoms with Crippen molar-refractivity contribution < 1.29 is 0 Å². The number of nitrogens with zero attached hydrogens (tertiary/aromatic N) is 2. The van der Waals surface area contributed by atoms with Crippen LogP contribution in [0.5, 0.6) is 0 Å². The molecule has 1 fully saturated rings. The fraction of sp³-hybridized carbons (Fsp3) is 0.308. The molecule has 1 saturated carbocycles. The van der Waals surface area contributed by atoms with Gasteiger partial charge in [0.2, 0.25) is 0 Å². The van der Waals surface area contributed by atoms with Gasteiger partial charge in [0, 0.05) is 22.6 Å². The molecule has 0 aliphatic heterocycles. The number of rotatable bonds is 1. The lowest BCUT2D eigenvalue weighted by Crippen LogP contribution is -1.96. The van der Waals surface area contributed by atoms with E-state index in [9.17, 15) is 0 Å². The molecule has 2 heteroatoms. The van der Waals surface area contributed by atoms with Crippen molar-refractivity contribution in [2.24, 2.45) is 0 Å². The number of hydrogen-bond acceptors (Lipinski definition) is 1. The highest BCUT2D eigenvalue weighted by atomic mass is 15.1. The maximum absolute atomic E-state index is 9.17. The highest BCUT2D eigenvalue weighted by Crippen LogP contribution is 2.40. The molecular weight excluding hydrogens is 184 g/mol. The fourth-order valence-corrected chi connectivity index (χ4v) is 2.34. The summed E-state index contributed by atoms with van der Waals surface area (Å²) in [5.41, 5.74) is 3.19. The van der Waals surface area contributed by atoms with Gasteiger partial charge < -0.3 is 4.57 Å². The molecule has 74 valence electrons. The van der Waals surface area contributed by atoms with Crippen LogP contribution >= 0.6 is 0 Å². The molecule has 0 atom stereocenters. The van der Waals surface area contributed by atoms with Gasteiger partial charge in [0.1, 0.15) is 6.07 Å². The Balaban J connectivity index is 2.43. The number of aromatic nitrogens is 1. The third kappa shape index (κ3) is 1.10. The third-order valence-corrected chi connectivity index (χ3v) is 3.18. The SMILES string of the molecule is Cc1c(C#N)c2ccccc2n1C1CC1. The van der Waals surface area contributed by atoms with Crippen LogP contribution in [0.4, 0.5) is 0 Å². The van der Waals surface area contributed by atoms with Crippen LogP contribution in [0.3, 0.4) is 0 Å². The minimum Gasteiger partial charge on any atom is -0.340 e. The first-order valence-corrected chi connectivity index (χ1v) is 5.32. The number of para-hydroxylation sites is 1. The molecule has 0 radical (unpaired) electrons. The van der Waals surface area contributed by atoms with Crippen molar-refractivity contribution in [1.29, 1.82) is 5.26 Å². The standard InChI is InChI=1S/C13H12N2/c1-9-12(8-14)11-4-2-3-5-13(11)15(9)10-6-7-10/h2-5,10H,6-7H2,1H3. The van der Waals surface area contributed by atoms with Gasteiger partial charge in [0.15, 0.2) is 0 Å². The maximum Gasteiger partial charge on any atom is 0.102 e. The molecule has 0 amide bonds. The zero-order chi connectivity index (χ0) is 10.4. The molecule has 1 aliphatic carbocycles. The molecule has 0 unspecified atom stereocenters. The van der Waals surface area contributed by atoms with E-state index in [-0.39, 0.29) is 0 Å². The Bertz CT molecular complexity index is 568. The Morgan fingerprint density at radius 3 is 2.73 bits per heavy atom. The van der Waals surface area contributed by atoms with Crippen LogP contribution in [0, 0.1) is 18.3 Å². The van der Waals surface area contributed by atoms with E-state index in [2.05, 4.69) is 23.6 Å². The average Bonchev–Trinajstić information content (AvgIpc) is 3.02. The van der Waals surface area contributed by atoms with Crippen LogP contribution in [0.15, 0.2) is 24.3 Å². The van der Waals surface area contributed by atoms with E-state index in [0.717, 1.165) is 16.6 Å². The predicted octanol–water partition coefficient (Wildman–Crippen LogP) is 3.16. The highest BCUT2D eigenvalue weighted by molar-refractivity contribution is 5.88. The van der Waals surface area contributed by atoms with E-state index in [1.165, 1.54) is 18.4 Å². The first-order valence-electron chi connectivity index (χ1n) is 5.32. The smallest absolute Gasteiger partial charge is 0.102 e. The normalized spacial score (nSPS) is 15.5. The minimum atomic E-state index is 0.636. The number of hydrogen-bond donors (Lipinski definition) is 0. The van der Waals surface area contributed by atoms with Crippen LogP contribution in [-0.2, 0) is 0 Å². The molecule has 1 aromatic heterocycles. The zero-order valence-corrected chi connectivity index (χ0v) is 8.70. The molecule has 1 aliphatic rings. The third-order valence-electron chi connectivity index (χ3n) is 3.18. The van der Waals surface area contributed by atoms with Crippen molar-refractivity contribution in [2.45, 2.75) is 25.8 Å². The van der Waals surface area contributed by atoms with Crippen molar-refractivity contribution in [2.75, 3.05) is 0 Å². The monoisotopic (exact) mass is 196 g/mol. The summed E-state index contributed by atoms with van der Waals surface area (Å²) in [5.74, 6) is 0. The first kappa shape index (κ1) is 8.55. The second-order valence-corrected chi connectivity index (χ2v) is 4.19. The maximum atomic E-state index is 9.17. The summed E-state index contributed by atoms with van der Waals surface area (Å²) in [6.07, 6.45) is 2.51. The largest absolute Gasteiger partial charge is 0.340 e. The second-order valence-electron chi connectivity index (χ2n) is 4.19. The van der Waals surface area contributed by atoms with Crippen LogP contribution in [0.2, 0.25) is 0 Å². The fourth-order valence-electron chi connectivity index (χ4n) is 2.34. The lowest BCUT2D eigenvalue weighted by atomic mass is 10.1. The molecule has 0 spiro atoms. The van der Waals surface area contributed by atoms with Gasteiger partial charge in [-0.2, -0.15) is 5.26 Å². The van der Waals surface area contributed by atoms with E-state index in [1.54, 1.807) is 0 Å². The Morgan fingerprint density at radius 2 is 2.07 bits per heavy atom. The van der Waals surface area contributed by atoms with Gasteiger partial charge in [0.05, 0.1) is 5.56 Å². The zero-order valence-electron chi connectivity index (χ0n) is 8.70. The van der Waals surface area contributed by atoms with Crippen LogP contribution < -0.4 is 0 Å². The van der Waals surface area contributed by atoms with Crippen molar-refractivity contribution in [3.8, 4) is 6.07 Å². The number of benzene rings is 1. The average molecular weight is 196 g/mol. The van der Waals surface area contributed by atoms with Gasteiger partial charge in [-0.3, -0.25) is 0 Å². The van der Waals surface area contributed by atoms with Crippen molar-refractivity contribution >= 4 is 10.9 Å². The van der Waals surface area contributed by atoms with Gasteiger partial charge in [-0.05, 0) is 25.8 Å². The summed E-state index contributed by atoms with van der Waals surface area (Å²) >= 11 is 0. The van der Waals surface area contributed by atoms with Gasteiger partial charge in [-0.15, -0.1) is 0 Å². The van der Waals surface area contributed by atoms with E-state index in [4.69, 9.17) is 5.26 Å². The molecule has 2 nitrogen and oxygen atoms in total. The lowest BCUT2D eigenvalue weighted by molar-refractivity contribution is 0.748. The van der Waals surface area contributed by atoms with Gasteiger partial charge in [-0.1, -0.05) is 18.2 Å². The molecule has 0 bridgehead atoms. The molecule has 3 rings (SSSR count). The van der Waals surface area contributed by atoms with E-state index < -0.39 is 0 Å². The quantitative estimate of drug-likeness (QED) is 0.688. The summed E-state index contributed by atoms with van der Waals surface area (Å²) in [7, 11) is 0. The Morgan fingerprint density at radius 1 is 1.33 bits per heavy atom. The topological polar surface area (TPSA) is 28.7 Å². The molecule has 0 saturated heterocycles. The van der Waals surface area contributed by atoms with E-state index in [1.807, 2.05) is 18.2 Å². The van der Waals surface area contributed by atoms with Gasteiger partial charge in [0.25, 0.3) is 0 Å². The number of nitriles is 1. The lowest BCUT2D eigenvalue weighted by Gasteiger charge is -2.04. The van der Waals surface area contributed by atoms with E-state index in [0.29, 0.717) is 6.04 Å². The summed E-state index contributed by atoms with van der Waals surface area (Å²) in [6, 6.07) is 11.2. The molecule has 0 N–H and O–H groups in total. The van der Waals surface area contributed by atoms with Crippen LogP contribution in [0.1, 0.15) is 30.1 Å². The van der Waals surface area contributed by atoms with Gasteiger partial charge in [-0.25, -0.2) is 0 Å². The molecule has 2 aromatic rings. The highest BCUT2D eigenvalue weighted by Gasteiger charge is 2.27. The van der Waals surface area contributed by atoms with Crippen LogP contribution in [0.25, 0.3) is 10.9 Å². The summed E-state index contributed by atoms with van der Waals surface area (Å²) in [4.78, 5) is 0. The molecular formula is C13H12N2. The van der Waals surface area contributed by atoms with Crippen LogP contribution in [-0.4, -0.2) is 4.57 Å². The Hall–Kier alpha value is -1.75. The van der Waals surface area contributed by atoms with Crippen molar-refractivity contribution in [1.82, 2.24) is 4.57 Å². The Kier molecular flexibility index (Phi) is 1.63. The molecule has 1 heterocycles. The van der Waals surface area contributed by atoms with Crippen molar-refractivity contribution in [3.63, 3.8) is 0 Å². The van der Waals surface area contributed by atoms with E-state index >= 15 is 0 Å². The summed E-state index contributed by atoms with van der Waals surface area (Å²) in [6.45, 7) is 2.05.